The molecule has 0 saturated heterocycles. The Morgan fingerprint density at radius 1 is 1.26 bits per heavy atom. The van der Waals surface area contributed by atoms with Gasteiger partial charge in [0.05, 0.1) is 11.1 Å². The molecule has 19 heavy (non-hydrogen) atoms. The standard InChI is InChI=1S/C14H14ClFN2O/c15-12-3-1-2-9(14(12)16)6-11(19)7-10-8-18-5-4-13(10)17/h1-5,8,11,19H,6-7H2,(H2,17,18). The van der Waals surface area contributed by atoms with Gasteiger partial charge in [-0.1, -0.05) is 23.7 Å². The van der Waals surface area contributed by atoms with Gasteiger partial charge in [-0.3, -0.25) is 4.98 Å². The Balaban J connectivity index is 2.08. The highest BCUT2D eigenvalue weighted by Crippen LogP contribution is 2.20. The Labute approximate surface area is 115 Å². The molecule has 5 heteroatoms. The molecule has 3 N–H and O–H groups in total. The topological polar surface area (TPSA) is 59.1 Å². The van der Waals surface area contributed by atoms with Gasteiger partial charge in [0.25, 0.3) is 0 Å². The van der Waals surface area contributed by atoms with Gasteiger partial charge in [-0.15, -0.1) is 0 Å². The summed E-state index contributed by atoms with van der Waals surface area (Å²) in [6.45, 7) is 0. The molecular formula is C14H14ClFN2O. The molecule has 1 unspecified atom stereocenters. The summed E-state index contributed by atoms with van der Waals surface area (Å²) in [6, 6.07) is 6.41. The minimum atomic E-state index is -0.737. The molecular weight excluding hydrogens is 267 g/mol. The number of pyridine rings is 1. The fraction of sp³-hybridized carbons (Fsp3) is 0.214. The quantitative estimate of drug-likeness (QED) is 0.905. The number of aromatic nitrogens is 1. The highest BCUT2D eigenvalue weighted by molar-refractivity contribution is 6.30. The van der Waals surface area contributed by atoms with E-state index in [1.54, 1.807) is 30.6 Å². The van der Waals surface area contributed by atoms with Crippen LogP contribution in [0.2, 0.25) is 5.02 Å². The summed E-state index contributed by atoms with van der Waals surface area (Å²) in [5.74, 6) is -0.484. The second kappa shape index (κ2) is 5.99. The van der Waals surface area contributed by atoms with Gasteiger partial charge in [-0.25, -0.2) is 4.39 Å². The normalized spacial score (nSPS) is 12.4. The molecule has 0 amide bonds. The predicted molar refractivity (Wildman–Crippen MR) is 73.5 cm³/mol. The van der Waals surface area contributed by atoms with Gasteiger partial charge in [-0.2, -0.15) is 0 Å². The van der Waals surface area contributed by atoms with Gasteiger partial charge in [0.1, 0.15) is 5.82 Å². The molecule has 1 heterocycles. The molecule has 1 aromatic carbocycles. The Bertz CT molecular complexity index is 577. The first kappa shape index (κ1) is 13.8. The molecule has 0 radical (unpaired) electrons. The first-order chi connectivity index (χ1) is 9.08. The smallest absolute Gasteiger partial charge is 0.145 e. The highest BCUT2D eigenvalue weighted by atomic mass is 35.5. The van der Waals surface area contributed by atoms with Crippen LogP contribution in [0.3, 0.4) is 0 Å². The van der Waals surface area contributed by atoms with Crippen molar-refractivity contribution in [2.45, 2.75) is 18.9 Å². The van der Waals surface area contributed by atoms with Crippen molar-refractivity contribution >= 4 is 17.3 Å². The molecule has 0 aliphatic heterocycles. The summed E-state index contributed by atoms with van der Waals surface area (Å²) >= 11 is 5.70. The van der Waals surface area contributed by atoms with E-state index in [1.165, 1.54) is 6.07 Å². The summed E-state index contributed by atoms with van der Waals surface area (Å²) in [5, 5.41) is 10.1. The van der Waals surface area contributed by atoms with Gasteiger partial charge in [0, 0.05) is 30.9 Å². The zero-order chi connectivity index (χ0) is 13.8. The molecule has 0 saturated carbocycles. The average molecular weight is 281 g/mol. The van der Waals surface area contributed by atoms with Gasteiger partial charge < -0.3 is 10.8 Å². The lowest BCUT2D eigenvalue weighted by Gasteiger charge is -2.13. The third-order valence-electron chi connectivity index (χ3n) is 2.88. The van der Waals surface area contributed by atoms with Crippen LogP contribution >= 0.6 is 11.6 Å². The third kappa shape index (κ3) is 3.43. The van der Waals surface area contributed by atoms with Crippen molar-refractivity contribution in [1.82, 2.24) is 4.98 Å². The van der Waals surface area contributed by atoms with E-state index < -0.39 is 11.9 Å². The van der Waals surface area contributed by atoms with E-state index in [4.69, 9.17) is 17.3 Å². The number of aliphatic hydroxyl groups excluding tert-OH is 1. The number of halogens is 2. The zero-order valence-electron chi connectivity index (χ0n) is 10.2. The van der Waals surface area contributed by atoms with E-state index in [0.717, 1.165) is 5.56 Å². The van der Waals surface area contributed by atoms with Crippen LogP contribution in [-0.4, -0.2) is 16.2 Å². The molecule has 1 aromatic heterocycles. The number of benzene rings is 1. The number of nitrogen functional groups attached to an aromatic ring is 1. The van der Waals surface area contributed by atoms with Crippen molar-refractivity contribution in [3.63, 3.8) is 0 Å². The first-order valence-corrected chi connectivity index (χ1v) is 6.25. The number of aliphatic hydroxyl groups is 1. The second-order valence-electron chi connectivity index (χ2n) is 4.35. The second-order valence-corrected chi connectivity index (χ2v) is 4.76. The van der Waals surface area contributed by atoms with Crippen molar-refractivity contribution in [3.8, 4) is 0 Å². The molecule has 0 spiro atoms. The number of anilines is 1. The summed E-state index contributed by atoms with van der Waals surface area (Å²) in [7, 11) is 0. The lowest BCUT2D eigenvalue weighted by atomic mass is 10.0. The van der Waals surface area contributed by atoms with Crippen molar-refractivity contribution in [2.24, 2.45) is 0 Å². The first-order valence-electron chi connectivity index (χ1n) is 5.87. The summed E-state index contributed by atoms with van der Waals surface area (Å²) in [6.07, 6.45) is 2.96. The van der Waals surface area contributed by atoms with Crippen molar-refractivity contribution in [3.05, 3.63) is 58.6 Å². The third-order valence-corrected chi connectivity index (χ3v) is 3.18. The van der Waals surface area contributed by atoms with Gasteiger partial charge in [-0.05, 0) is 23.3 Å². The molecule has 3 nitrogen and oxygen atoms in total. The van der Waals surface area contributed by atoms with Crippen LogP contribution in [0.1, 0.15) is 11.1 Å². The van der Waals surface area contributed by atoms with Crippen LogP contribution in [-0.2, 0) is 12.8 Å². The minimum Gasteiger partial charge on any atom is -0.398 e. The number of nitrogens with two attached hydrogens (primary N) is 1. The van der Waals surface area contributed by atoms with Gasteiger partial charge >= 0.3 is 0 Å². The summed E-state index contributed by atoms with van der Waals surface area (Å²) < 4.78 is 13.7. The number of rotatable bonds is 4. The van der Waals surface area contributed by atoms with Gasteiger partial charge in [0.15, 0.2) is 0 Å². The van der Waals surface area contributed by atoms with Crippen LogP contribution in [0.15, 0.2) is 36.7 Å². The fourth-order valence-electron chi connectivity index (χ4n) is 1.89. The number of hydrogen-bond donors (Lipinski definition) is 2. The highest BCUT2D eigenvalue weighted by Gasteiger charge is 2.13. The van der Waals surface area contributed by atoms with E-state index in [1.807, 2.05) is 0 Å². The maximum Gasteiger partial charge on any atom is 0.145 e. The predicted octanol–water partition coefficient (Wildman–Crippen LogP) is 2.60. The van der Waals surface area contributed by atoms with Crippen molar-refractivity contribution in [2.75, 3.05) is 5.73 Å². The molecule has 100 valence electrons. The van der Waals surface area contributed by atoms with Crippen LogP contribution in [0.4, 0.5) is 10.1 Å². The maximum atomic E-state index is 13.7. The van der Waals surface area contributed by atoms with E-state index in [0.29, 0.717) is 17.7 Å². The van der Waals surface area contributed by atoms with Crippen molar-refractivity contribution < 1.29 is 9.50 Å². The average Bonchev–Trinajstić information content (AvgIpc) is 2.38. The molecule has 0 aliphatic carbocycles. The van der Waals surface area contributed by atoms with E-state index in [9.17, 15) is 9.50 Å². The van der Waals surface area contributed by atoms with E-state index >= 15 is 0 Å². The molecule has 2 aromatic rings. The lowest BCUT2D eigenvalue weighted by Crippen LogP contribution is -2.16. The molecule has 0 aliphatic rings. The van der Waals surface area contributed by atoms with Crippen LogP contribution < -0.4 is 5.73 Å². The number of nitrogens with zero attached hydrogens (tertiary/aromatic N) is 1. The Kier molecular flexibility index (Phi) is 4.35. The molecule has 2 rings (SSSR count). The molecule has 0 fully saturated rings. The van der Waals surface area contributed by atoms with Crippen LogP contribution in [0, 0.1) is 5.82 Å². The minimum absolute atomic E-state index is 0.0607. The van der Waals surface area contributed by atoms with E-state index in [-0.39, 0.29) is 11.4 Å². The van der Waals surface area contributed by atoms with Crippen molar-refractivity contribution in [1.29, 1.82) is 0 Å². The maximum absolute atomic E-state index is 13.7. The van der Waals surface area contributed by atoms with E-state index in [2.05, 4.69) is 4.98 Å². The van der Waals surface area contributed by atoms with Crippen LogP contribution in [0.5, 0.6) is 0 Å². The Hall–Kier alpha value is -1.65. The molecule has 0 bridgehead atoms. The largest absolute Gasteiger partial charge is 0.398 e. The van der Waals surface area contributed by atoms with Gasteiger partial charge in [0.2, 0.25) is 0 Å². The Morgan fingerprint density at radius 3 is 2.74 bits per heavy atom. The summed E-state index contributed by atoms with van der Waals surface area (Å²) in [4.78, 5) is 3.95. The number of hydrogen-bond acceptors (Lipinski definition) is 3. The monoisotopic (exact) mass is 280 g/mol. The molecule has 1 atom stereocenters. The summed E-state index contributed by atoms with van der Waals surface area (Å²) in [5.41, 5.74) is 7.48. The fourth-order valence-corrected chi connectivity index (χ4v) is 2.09. The SMILES string of the molecule is Nc1ccncc1CC(O)Cc1cccc(Cl)c1F. The lowest BCUT2D eigenvalue weighted by molar-refractivity contribution is 0.174. The zero-order valence-corrected chi connectivity index (χ0v) is 10.9. The van der Waals surface area contributed by atoms with Crippen LogP contribution in [0.25, 0.3) is 0 Å². The Morgan fingerprint density at radius 2 is 2.00 bits per heavy atom.